The first-order valence-electron chi connectivity index (χ1n) is 7.55. The number of benzene rings is 1. The molecule has 0 saturated heterocycles. The van der Waals surface area contributed by atoms with E-state index in [1.165, 1.54) is 0 Å². The highest BCUT2D eigenvalue weighted by atomic mass is 16.5. The number of amides is 2. The predicted octanol–water partition coefficient (Wildman–Crippen LogP) is 1.58. The number of hydrogen-bond donors (Lipinski definition) is 2. The molecular weight excluding hydrogens is 322 g/mol. The summed E-state index contributed by atoms with van der Waals surface area (Å²) in [6.07, 6.45) is 3.19. The zero-order chi connectivity index (χ0) is 17.5. The van der Waals surface area contributed by atoms with Crippen LogP contribution in [0.4, 0.5) is 5.69 Å². The second kappa shape index (κ2) is 7.82. The molecule has 8 heteroatoms. The predicted molar refractivity (Wildman–Crippen MR) is 88.5 cm³/mol. The number of nitrogens with zero attached hydrogens (tertiary/aromatic N) is 3. The second-order valence-corrected chi connectivity index (χ2v) is 5.14. The second-order valence-electron chi connectivity index (χ2n) is 5.14. The molecule has 2 amide bonds. The molecule has 126 valence electrons. The molecule has 0 saturated carbocycles. The molecule has 0 radical (unpaired) electrons. The van der Waals surface area contributed by atoms with Gasteiger partial charge in [0.25, 0.3) is 0 Å². The Kier molecular flexibility index (Phi) is 5.10. The SMILES string of the molecule is O=C(Cc1noc(C(=O)NCc2ccncc2)n1)Nc1ccccc1. The maximum atomic E-state index is 12.0. The van der Waals surface area contributed by atoms with E-state index in [-0.39, 0.29) is 24.0 Å². The molecule has 3 aromatic rings. The molecule has 2 N–H and O–H groups in total. The Bertz CT molecular complexity index is 849. The van der Waals surface area contributed by atoms with Gasteiger partial charge in [0.2, 0.25) is 5.91 Å². The summed E-state index contributed by atoms with van der Waals surface area (Å²) in [6, 6.07) is 12.6. The van der Waals surface area contributed by atoms with Crippen molar-refractivity contribution in [1.82, 2.24) is 20.4 Å². The van der Waals surface area contributed by atoms with E-state index < -0.39 is 5.91 Å². The molecule has 0 unspecified atom stereocenters. The fourth-order valence-electron chi connectivity index (χ4n) is 2.05. The Hall–Kier alpha value is -3.55. The largest absolute Gasteiger partial charge is 0.344 e. The van der Waals surface area contributed by atoms with Crippen LogP contribution in [0.5, 0.6) is 0 Å². The van der Waals surface area contributed by atoms with Gasteiger partial charge in [0.15, 0.2) is 5.82 Å². The Morgan fingerprint density at radius 2 is 1.80 bits per heavy atom. The van der Waals surface area contributed by atoms with Crippen molar-refractivity contribution >= 4 is 17.5 Å². The number of nitrogens with one attached hydrogen (secondary N) is 2. The standard InChI is InChI=1S/C17H15N5O3/c23-15(20-13-4-2-1-3-5-13)10-14-21-17(25-22-14)16(24)19-11-12-6-8-18-9-7-12/h1-9H,10-11H2,(H,19,24)(H,20,23). The zero-order valence-corrected chi connectivity index (χ0v) is 13.2. The van der Waals surface area contributed by atoms with Gasteiger partial charge in [-0.3, -0.25) is 14.6 Å². The topological polar surface area (TPSA) is 110 Å². The minimum absolute atomic E-state index is 0.0873. The van der Waals surface area contributed by atoms with Gasteiger partial charge in [-0.1, -0.05) is 23.4 Å². The molecule has 0 spiro atoms. The molecule has 1 aromatic carbocycles. The molecule has 25 heavy (non-hydrogen) atoms. The summed E-state index contributed by atoms with van der Waals surface area (Å²) >= 11 is 0. The van der Waals surface area contributed by atoms with Gasteiger partial charge in [0.05, 0.1) is 6.42 Å². The number of hydrogen-bond acceptors (Lipinski definition) is 6. The highest BCUT2D eigenvalue weighted by Gasteiger charge is 2.16. The molecule has 0 aliphatic heterocycles. The van der Waals surface area contributed by atoms with Gasteiger partial charge in [0, 0.05) is 24.6 Å². The first-order valence-corrected chi connectivity index (χ1v) is 7.55. The molecule has 8 nitrogen and oxygen atoms in total. The number of para-hydroxylation sites is 1. The van der Waals surface area contributed by atoms with Crippen LogP contribution in [-0.2, 0) is 17.8 Å². The normalized spacial score (nSPS) is 10.2. The summed E-state index contributed by atoms with van der Waals surface area (Å²) < 4.78 is 4.90. The van der Waals surface area contributed by atoms with E-state index in [4.69, 9.17) is 4.52 Å². The van der Waals surface area contributed by atoms with Gasteiger partial charge in [-0.05, 0) is 29.8 Å². The maximum Gasteiger partial charge on any atom is 0.315 e. The molecule has 2 heterocycles. The Balaban J connectivity index is 1.53. The summed E-state index contributed by atoms with van der Waals surface area (Å²) in [7, 11) is 0. The van der Waals surface area contributed by atoms with Crippen molar-refractivity contribution in [2.24, 2.45) is 0 Å². The lowest BCUT2D eigenvalue weighted by Crippen LogP contribution is -2.23. The first kappa shape index (κ1) is 16.3. The highest BCUT2D eigenvalue weighted by Crippen LogP contribution is 2.06. The van der Waals surface area contributed by atoms with Gasteiger partial charge < -0.3 is 15.2 Å². The Morgan fingerprint density at radius 1 is 1.04 bits per heavy atom. The lowest BCUT2D eigenvalue weighted by atomic mass is 10.3. The van der Waals surface area contributed by atoms with E-state index in [0.29, 0.717) is 12.2 Å². The van der Waals surface area contributed by atoms with Crippen LogP contribution in [0.25, 0.3) is 0 Å². The lowest BCUT2D eigenvalue weighted by Gasteiger charge is -2.02. The van der Waals surface area contributed by atoms with Crippen LogP contribution >= 0.6 is 0 Å². The van der Waals surface area contributed by atoms with Crippen LogP contribution in [-0.4, -0.2) is 26.9 Å². The number of carbonyl (C=O) groups is 2. The van der Waals surface area contributed by atoms with Crippen LogP contribution in [0, 0.1) is 0 Å². The fraction of sp³-hybridized carbons (Fsp3) is 0.118. The van der Waals surface area contributed by atoms with Crippen molar-refractivity contribution in [2.75, 3.05) is 5.32 Å². The average Bonchev–Trinajstić information content (AvgIpc) is 3.10. The quantitative estimate of drug-likeness (QED) is 0.706. The monoisotopic (exact) mass is 337 g/mol. The minimum atomic E-state index is -0.501. The van der Waals surface area contributed by atoms with E-state index in [9.17, 15) is 9.59 Å². The molecule has 3 rings (SSSR count). The molecule has 2 aromatic heterocycles. The van der Waals surface area contributed by atoms with Gasteiger partial charge in [0.1, 0.15) is 0 Å². The minimum Gasteiger partial charge on any atom is -0.344 e. The summed E-state index contributed by atoms with van der Waals surface area (Å²) in [4.78, 5) is 31.8. The molecule has 0 aliphatic carbocycles. The van der Waals surface area contributed by atoms with Gasteiger partial charge in [-0.25, -0.2) is 0 Å². The van der Waals surface area contributed by atoms with Crippen LogP contribution < -0.4 is 10.6 Å². The maximum absolute atomic E-state index is 12.0. The molecule has 0 aliphatic rings. The molecule has 0 fully saturated rings. The van der Waals surface area contributed by atoms with Crippen molar-refractivity contribution in [3.05, 3.63) is 72.1 Å². The number of anilines is 1. The number of rotatable bonds is 6. The van der Waals surface area contributed by atoms with Crippen LogP contribution in [0.15, 0.2) is 59.4 Å². The van der Waals surface area contributed by atoms with Crippen LogP contribution in [0.3, 0.4) is 0 Å². The smallest absolute Gasteiger partial charge is 0.315 e. The lowest BCUT2D eigenvalue weighted by molar-refractivity contribution is -0.115. The van der Waals surface area contributed by atoms with E-state index >= 15 is 0 Å². The molecule has 0 atom stereocenters. The van der Waals surface area contributed by atoms with Crippen molar-refractivity contribution < 1.29 is 14.1 Å². The third-order valence-corrected chi connectivity index (χ3v) is 3.24. The Labute approximate surface area is 143 Å². The number of aromatic nitrogens is 3. The van der Waals surface area contributed by atoms with E-state index in [1.54, 1.807) is 36.7 Å². The van der Waals surface area contributed by atoms with Crippen LogP contribution in [0.1, 0.15) is 22.1 Å². The van der Waals surface area contributed by atoms with Gasteiger partial charge in [-0.2, -0.15) is 4.98 Å². The average molecular weight is 337 g/mol. The van der Waals surface area contributed by atoms with Crippen molar-refractivity contribution in [2.45, 2.75) is 13.0 Å². The summed E-state index contributed by atoms with van der Waals surface area (Å²) in [5, 5.41) is 9.02. The van der Waals surface area contributed by atoms with E-state index in [2.05, 4.69) is 25.8 Å². The van der Waals surface area contributed by atoms with E-state index in [0.717, 1.165) is 5.56 Å². The van der Waals surface area contributed by atoms with Gasteiger partial charge >= 0.3 is 11.8 Å². The fourth-order valence-corrected chi connectivity index (χ4v) is 2.05. The summed E-state index contributed by atoms with van der Waals surface area (Å²) in [6.45, 7) is 0.313. The van der Waals surface area contributed by atoms with Crippen LogP contribution in [0.2, 0.25) is 0 Å². The first-order chi connectivity index (χ1) is 12.2. The van der Waals surface area contributed by atoms with Crippen molar-refractivity contribution in [3.63, 3.8) is 0 Å². The molecular formula is C17H15N5O3. The third kappa shape index (κ3) is 4.71. The third-order valence-electron chi connectivity index (χ3n) is 3.24. The number of pyridine rings is 1. The summed E-state index contributed by atoms with van der Waals surface area (Å²) in [5.74, 6) is -0.839. The van der Waals surface area contributed by atoms with E-state index in [1.807, 2.05) is 18.2 Å². The highest BCUT2D eigenvalue weighted by molar-refractivity contribution is 5.92. The van der Waals surface area contributed by atoms with Gasteiger partial charge in [-0.15, -0.1) is 0 Å². The zero-order valence-electron chi connectivity index (χ0n) is 13.2. The molecule has 0 bridgehead atoms. The van der Waals surface area contributed by atoms with Crippen molar-refractivity contribution in [1.29, 1.82) is 0 Å². The number of carbonyl (C=O) groups excluding carboxylic acids is 2. The Morgan fingerprint density at radius 3 is 2.56 bits per heavy atom. The summed E-state index contributed by atoms with van der Waals surface area (Å²) in [5.41, 5.74) is 1.57. The van der Waals surface area contributed by atoms with Crippen molar-refractivity contribution in [3.8, 4) is 0 Å².